The lowest BCUT2D eigenvalue weighted by Crippen LogP contribution is -2.57. The quantitative estimate of drug-likeness (QED) is 0.815. The smallest absolute Gasteiger partial charge is 0.341 e. The lowest BCUT2D eigenvalue weighted by Gasteiger charge is -2.44. The van der Waals surface area contributed by atoms with Gasteiger partial charge in [-0.15, -0.1) is 0 Å². The number of methoxy groups -OCH3 is 1. The first-order valence-electron chi connectivity index (χ1n) is 10.3. The Kier molecular flexibility index (Phi) is 5.45. The van der Waals surface area contributed by atoms with Gasteiger partial charge < -0.3 is 19.4 Å². The number of aryl methyl sites for hydroxylation is 1. The molecular formula is C22H31N3O3. The van der Waals surface area contributed by atoms with E-state index in [0.717, 1.165) is 72.6 Å². The molecule has 1 fully saturated rings. The van der Waals surface area contributed by atoms with Crippen molar-refractivity contribution in [3.8, 4) is 0 Å². The van der Waals surface area contributed by atoms with Gasteiger partial charge in [0, 0.05) is 56.0 Å². The average molecular weight is 386 g/mol. The zero-order valence-corrected chi connectivity index (χ0v) is 17.4. The van der Waals surface area contributed by atoms with E-state index in [1.54, 1.807) is 7.11 Å². The maximum Gasteiger partial charge on any atom is 0.341 e. The molecule has 1 N–H and O–H groups in total. The van der Waals surface area contributed by atoms with Gasteiger partial charge in [0.15, 0.2) is 0 Å². The highest BCUT2D eigenvalue weighted by molar-refractivity contribution is 5.88. The largest absolute Gasteiger partial charge is 0.422 e. The predicted octanol–water partition coefficient (Wildman–Crippen LogP) is 2.29. The highest BCUT2D eigenvalue weighted by atomic mass is 16.5. The second-order valence-electron chi connectivity index (χ2n) is 8.25. The van der Waals surface area contributed by atoms with Gasteiger partial charge in [-0.3, -0.25) is 4.90 Å². The summed E-state index contributed by atoms with van der Waals surface area (Å²) in [7, 11) is 1.77. The lowest BCUT2D eigenvalue weighted by atomic mass is 9.96. The number of rotatable bonds is 4. The van der Waals surface area contributed by atoms with E-state index in [-0.39, 0.29) is 5.63 Å². The summed E-state index contributed by atoms with van der Waals surface area (Å²) in [6, 6.07) is 5.20. The SMILES string of the molecule is COC[C@H]1CN(c2ccc3c4c(c(=O)oc3c2C)CNCC4)CCN1C(C)C. The van der Waals surface area contributed by atoms with Gasteiger partial charge in [0.05, 0.1) is 18.2 Å². The zero-order valence-electron chi connectivity index (χ0n) is 17.4. The number of anilines is 1. The molecular weight excluding hydrogens is 354 g/mol. The summed E-state index contributed by atoms with van der Waals surface area (Å²) in [5.74, 6) is 0. The molecule has 152 valence electrons. The van der Waals surface area contributed by atoms with E-state index in [4.69, 9.17) is 9.15 Å². The van der Waals surface area contributed by atoms with Gasteiger partial charge in [0.2, 0.25) is 0 Å². The molecule has 6 heteroatoms. The third-order valence-corrected chi connectivity index (χ3v) is 6.25. The van der Waals surface area contributed by atoms with Crippen LogP contribution in [0.5, 0.6) is 0 Å². The monoisotopic (exact) mass is 385 g/mol. The molecule has 0 aliphatic carbocycles. The van der Waals surface area contributed by atoms with E-state index in [2.05, 4.69) is 48.0 Å². The summed E-state index contributed by atoms with van der Waals surface area (Å²) in [6.45, 7) is 11.7. The fraction of sp³-hybridized carbons (Fsp3) is 0.591. The Morgan fingerprint density at radius 3 is 2.86 bits per heavy atom. The van der Waals surface area contributed by atoms with Gasteiger partial charge in [-0.2, -0.15) is 0 Å². The number of hydrogen-bond donors (Lipinski definition) is 1. The number of benzene rings is 1. The van der Waals surface area contributed by atoms with Crippen LogP contribution in [-0.2, 0) is 17.7 Å². The number of nitrogens with one attached hydrogen (secondary N) is 1. The maximum absolute atomic E-state index is 12.5. The molecule has 0 spiro atoms. The van der Waals surface area contributed by atoms with Crippen LogP contribution in [0.15, 0.2) is 21.3 Å². The molecule has 0 radical (unpaired) electrons. The van der Waals surface area contributed by atoms with Crippen molar-refractivity contribution < 1.29 is 9.15 Å². The fourth-order valence-corrected chi connectivity index (χ4v) is 4.83. The Morgan fingerprint density at radius 1 is 1.29 bits per heavy atom. The van der Waals surface area contributed by atoms with Crippen LogP contribution in [0.1, 0.15) is 30.5 Å². The van der Waals surface area contributed by atoms with Crippen molar-refractivity contribution in [2.45, 2.75) is 45.8 Å². The van der Waals surface area contributed by atoms with Crippen LogP contribution >= 0.6 is 0 Å². The average Bonchev–Trinajstić information content (AvgIpc) is 2.69. The second-order valence-corrected chi connectivity index (χ2v) is 8.25. The van der Waals surface area contributed by atoms with Crippen LogP contribution in [0.4, 0.5) is 5.69 Å². The van der Waals surface area contributed by atoms with Crippen molar-refractivity contribution in [3.05, 3.63) is 39.2 Å². The van der Waals surface area contributed by atoms with E-state index in [9.17, 15) is 4.79 Å². The van der Waals surface area contributed by atoms with Crippen LogP contribution in [0.25, 0.3) is 11.0 Å². The van der Waals surface area contributed by atoms with E-state index in [1.165, 1.54) is 0 Å². The Balaban J connectivity index is 1.72. The van der Waals surface area contributed by atoms with E-state index < -0.39 is 0 Å². The van der Waals surface area contributed by atoms with Gasteiger partial charge >= 0.3 is 5.63 Å². The number of fused-ring (bicyclic) bond motifs is 3. The molecule has 1 aromatic carbocycles. The van der Waals surface area contributed by atoms with Crippen molar-refractivity contribution in [2.75, 3.05) is 44.8 Å². The number of nitrogens with zero attached hydrogens (tertiary/aromatic N) is 2. The molecule has 1 saturated heterocycles. The molecule has 1 atom stereocenters. The molecule has 2 aromatic rings. The molecule has 4 rings (SSSR count). The Labute approximate surface area is 166 Å². The van der Waals surface area contributed by atoms with E-state index in [1.807, 2.05) is 0 Å². The zero-order chi connectivity index (χ0) is 19.8. The van der Waals surface area contributed by atoms with Crippen LogP contribution in [0, 0.1) is 6.92 Å². The molecule has 28 heavy (non-hydrogen) atoms. The molecule has 3 heterocycles. The van der Waals surface area contributed by atoms with Crippen molar-refractivity contribution in [2.24, 2.45) is 0 Å². The molecule has 2 aliphatic heterocycles. The molecule has 0 saturated carbocycles. The van der Waals surface area contributed by atoms with Gasteiger partial charge in [-0.1, -0.05) is 0 Å². The van der Waals surface area contributed by atoms with Crippen LogP contribution in [-0.4, -0.2) is 56.9 Å². The van der Waals surface area contributed by atoms with Crippen LogP contribution in [0.3, 0.4) is 0 Å². The van der Waals surface area contributed by atoms with E-state index >= 15 is 0 Å². The summed E-state index contributed by atoms with van der Waals surface area (Å²) in [5, 5.41) is 4.36. The Hall–Kier alpha value is -1.89. The van der Waals surface area contributed by atoms with Gasteiger partial charge in [-0.05, 0) is 51.4 Å². The first-order valence-corrected chi connectivity index (χ1v) is 10.3. The molecule has 6 nitrogen and oxygen atoms in total. The first kappa shape index (κ1) is 19.4. The highest BCUT2D eigenvalue weighted by Crippen LogP contribution is 2.32. The molecule has 2 aliphatic rings. The Morgan fingerprint density at radius 2 is 2.11 bits per heavy atom. The summed E-state index contributed by atoms with van der Waals surface area (Å²) in [5.41, 5.74) is 4.71. The van der Waals surface area contributed by atoms with Crippen molar-refractivity contribution in [3.63, 3.8) is 0 Å². The highest BCUT2D eigenvalue weighted by Gasteiger charge is 2.30. The summed E-state index contributed by atoms with van der Waals surface area (Å²) in [4.78, 5) is 17.5. The summed E-state index contributed by atoms with van der Waals surface area (Å²) >= 11 is 0. The third-order valence-electron chi connectivity index (χ3n) is 6.25. The first-order chi connectivity index (χ1) is 13.5. The number of piperazine rings is 1. The minimum Gasteiger partial charge on any atom is -0.422 e. The minimum absolute atomic E-state index is 0.197. The van der Waals surface area contributed by atoms with E-state index in [0.29, 0.717) is 18.6 Å². The third kappa shape index (κ3) is 3.34. The van der Waals surface area contributed by atoms with Crippen molar-refractivity contribution >= 4 is 16.7 Å². The minimum atomic E-state index is -0.197. The van der Waals surface area contributed by atoms with Gasteiger partial charge in [-0.25, -0.2) is 4.79 Å². The number of ether oxygens (including phenoxy) is 1. The number of hydrogen-bond acceptors (Lipinski definition) is 6. The summed E-state index contributed by atoms with van der Waals surface area (Å²) in [6.07, 6.45) is 0.874. The lowest BCUT2D eigenvalue weighted by molar-refractivity contribution is 0.0619. The molecule has 0 unspecified atom stereocenters. The molecule has 0 bridgehead atoms. The van der Waals surface area contributed by atoms with Crippen molar-refractivity contribution in [1.82, 2.24) is 10.2 Å². The predicted molar refractivity (Wildman–Crippen MR) is 112 cm³/mol. The molecule has 0 amide bonds. The maximum atomic E-state index is 12.5. The normalized spacial score (nSPS) is 20.8. The van der Waals surface area contributed by atoms with Gasteiger partial charge in [0.25, 0.3) is 0 Å². The standard InChI is InChI=1S/C22H31N3O3/c1-14(2)25-10-9-24(12-16(25)13-27-4)20-6-5-18-17-7-8-23-11-19(17)22(26)28-21(18)15(20)3/h5-6,14,16,23H,7-13H2,1-4H3/t16-/m1/s1. The van der Waals surface area contributed by atoms with Crippen LogP contribution in [0.2, 0.25) is 0 Å². The van der Waals surface area contributed by atoms with Crippen molar-refractivity contribution in [1.29, 1.82) is 0 Å². The fourth-order valence-electron chi connectivity index (χ4n) is 4.83. The van der Waals surface area contributed by atoms with Crippen LogP contribution < -0.4 is 15.8 Å². The Bertz CT molecular complexity index is 921. The van der Waals surface area contributed by atoms with Gasteiger partial charge in [0.1, 0.15) is 5.58 Å². The topological polar surface area (TPSA) is 58.0 Å². The second kappa shape index (κ2) is 7.85. The summed E-state index contributed by atoms with van der Waals surface area (Å²) < 4.78 is 11.3. The molecule has 1 aromatic heterocycles.